The Hall–Kier alpha value is -2.36. The van der Waals surface area contributed by atoms with Gasteiger partial charge in [0.15, 0.2) is 23.0 Å². The van der Waals surface area contributed by atoms with Crippen LogP contribution in [0.5, 0.6) is 23.0 Å². The molecule has 0 aromatic heterocycles. The van der Waals surface area contributed by atoms with Crippen LogP contribution in [-0.2, 0) is 5.41 Å². The summed E-state index contributed by atoms with van der Waals surface area (Å²) in [6, 6.07) is 9.62. The first-order chi connectivity index (χ1) is 9.61. The van der Waals surface area contributed by atoms with Crippen molar-refractivity contribution in [3.05, 3.63) is 47.5 Å². The summed E-state index contributed by atoms with van der Waals surface area (Å²) in [5, 5.41) is 35.9. The maximum absolute atomic E-state index is 9.21. The number of aryl methyl sites for hydroxylation is 1. The van der Waals surface area contributed by atoms with E-state index >= 15 is 0 Å². The minimum atomic E-state index is -0.0689. The summed E-state index contributed by atoms with van der Waals surface area (Å²) in [7, 11) is 0. The summed E-state index contributed by atoms with van der Waals surface area (Å²) in [5.74, 6) is -0.249. The van der Waals surface area contributed by atoms with E-state index in [1.165, 1.54) is 18.2 Å². The molecule has 0 spiro atoms. The van der Waals surface area contributed by atoms with Gasteiger partial charge in [-0.2, -0.15) is 0 Å². The molecule has 0 saturated carbocycles. The molecular formula is C17H22O4. The fraction of sp³-hybridized carbons (Fsp3) is 0.294. The third kappa shape index (κ3) is 4.91. The summed E-state index contributed by atoms with van der Waals surface area (Å²) in [4.78, 5) is 0. The highest BCUT2D eigenvalue weighted by Crippen LogP contribution is 2.31. The number of hydrogen-bond acceptors (Lipinski definition) is 4. The van der Waals surface area contributed by atoms with E-state index in [1.807, 2.05) is 13.0 Å². The zero-order chi connectivity index (χ0) is 16.2. The average Bonchev–Trinajstić information content (AvgIpc) is 2.37. The number of phenols is 4. The van der Waals surface area contributed by atoms with Crippen molar-refractivity contribution in [2.45, 2.75) is 33.1 Å². The Bertz CT molecular complexity index is 613. The molecule has 21 heavy (non-hydrogen) atoms. The van der Waals surface area contributed by atoms with Crippen LogP contribution >= 0.6 is 0 Å². The first-order valence-electron chi connectivity index (χ1n) is 6.62. The zero-order valence-corrected chi connectivity index (χ0v) is 12.8. The largest absolute Gasteiger partial charge is 0.504 e. The molecule has 0 aliphatic rings. The molecule has 0 atom stereocenters. The quantitative estimate of drug-likeness (QED) is 0.556. The van der Waals surface area contributed by atoms with E-state index in [9.17, 15) is 5.11 Å². The summed E-state index contributed by atoms with van der Waals surface area (Å²) in [5.41, 5.74) is 1.95. The SMILES string of the molecule is CC(C)(C)c1ccc(O)c(O)c1.Cc1ccc(O)c(O)c1. The Morgan fingerprint density at radius 1 is 0.667 bits per heavy atom. The van der Waals surface area contributed by atoms with Gasteiger partial charge in [0.05, 0.1) is 0 Å². The predicted octanol–water partition coefficient (Wildman–Crippen LogP) is 3.80. The van der Waals surface area contributed by atoms with Crippen LogP contribution in [-0.4, -0.2) is 20.4 Å². The maximum Gasteiger partial charge on any atom is 0.157 e. The van der Waals surface area contributed by atoms with Crippen LogP contribution in [0.4, 0.5) is 0 Å². The molecule has 0 heterocycles. The van der Waals surface area contributed by atoms with E-state index in [0.29, 0.717) is 0 Å². The Labute approximate surface area is 124 Å². The van der Waals surface area contributed by atoms with Crippen molar-refractivity contribution in [1.29, 1.82) is 0 Å². The Kier molecular flexibility index (Phi) is 5.08. The topological polar surface area (TPSA) is 80.9 Å². The van der Waals surface area contributed by atoms with Gasteiger partial charge in [0.25, 0.3) is 0 Å². The van der Waals surface area contributed by atoms with Crippen molar-refractivity contribution in [2.24, 2.45) is 0 Å². The van der Waals surface area contributed by atoms with E-state index in [0.717, 1.165) is 11.1 Å². The predicted molar refractivity (Wildman–Crippen MR) is 83.0 cm³/mol. The van der Waals surface area contributed by atoms with E-state index < -0.39 is 0 Å². The second kappa shape index (κ2) is 6.39. The van der Waals surface area contributed by atoms with Gasteiger partial charge in [-0.1, -0.05) is 32.9 Å². The van der Waals surface area contributed by atoms with E-state index in [-0.39, 0.29) is 28.4 Å². The first-order valence-corrected chi connectivity index (χ1v) is 6.62. The van der Waals surface area contributed by atoms with Gasteiger partial charge in [-0.05, 0) is 47.7 Å². The minimum absolute atomic E-state index is 0.00514. The monoisotopic (exact) mass is 290 g/mol. The van der Waals surface area contributed by atoms with Crippen LogP contribution < -0.4 is 0 Å². The number of hydrogen-bond donors (Lipinski definition) is 4. The minimum Gasteiger partial charge on any atom is -0.504 e. The van der Waals surface area contributed by atoms with Gasteiger partial charge in [0, 0.05) is 0 Å². The molecule has 0 aliphatic carbocycles. The highest BCUT2D eigenvalue weighted by atomic mass is 16.3. The first kappa shape index (κ1) is 16.7. The zero-order valence-electron chi connectivity index (χ0n) is 12.8. The van der Waals surface area contributed by atoms with Crippen LogP contribution in [0.15, 0.2) is 36.4 Å². The highest BCUT2D eigenvalue weighted by molar-refractivity contribution is 5.42. The standard InChI is InChI=1S/C10H14O2.C7H8O2/c1-10(2,3)7-4-5-8(11)9(12)6-7;1-5-2-3-6(8)7(9)4-5/h4-6,11-12H,1-3H3;2-4,8-9H,1H3. The number of aromatic hydroxyl groups is 4. The molecule has 0 radical (unpaired) electrons. The third-order valence-corrected chi connectivity index (χ3v) is 2.97. The fourth-order valence-electron chi connectivity index (χ4n) is 1.62. The van der Waals surface area contributed by atoms with Gasteiger partial charge >= 0.3 is 0 Å². The summed E-state index contributed by atoms with van der Waals surface area (Å²) in [6.07, 6.45) is 0. The second-order valence-electron chi connectivity index (χ2n) is 5.95. The summed E-state index contributed by atoms with van der Waals surface area (Å²) >= 11 is 0. The molecule has 0 aliphatic heterocycles. The molecule has 0 fully saturated rings. The molecule has 2 aromatic rings. The molecular weight excluding hydrogens is 268 g/mol. The smallest absolute Gasteiger partial charge is 0.157 e. The van der Waals surface area contributed by atoms with Gasteiger partial charge < -0.3 is 20.4 Å². The van der Waals surface area contributed by atoms with Gasteiger partial charge in [0.2, 0.25) is 0 Å². The maximum atomic E-state index is 9.21. The van der Waals surface area contributed by atoms with Crippen molar-refractivity contribution in [3.63, 3.8) is 0 Å². The average molecular weight is 290 g/mol. The molecule has 4 nitrogen and oxygen atoms in total. The van der Waals surface area contributed by atoms with Crippen LogP contribution in [0, 0.1) is 6.92 Å². The second-order valence-corrected chi connectivity index (χ2v) is 5.95. The Balaban J connectivity index is 0.000000219. The van der Waals surface area contributed by atoms with Crippen molar-refractivity contribution in [3.8, 4) is 23.0 Å². The highest BCUT2D eigenvalue weighted by Gasteiger charge is 2.14. The van der Waals surface area contributed by atoms with E-state index in [2.05, 4.69) is 20.8 Å². The van der Waals surface area contributed by atoms with Crippen LogP contribution in [0.25, 0.3) is 0 Å². The van der Waals surface area contributed by atoms with Crippen molar-refractivity contribution >= 4 is 0 Å². The Morgan fingerprint density at radius 2 is 1.14 bits per heavy atom. The van der Waals surface area contributed by atoms with Crippen LogP contribution in [0.2, 0.25) is 0 Å². The number of rotatable bonds is 0. The van der Waals surface area contributed by atoms with E-state index in [1.54, 1.807) is 12.1 Å². The lowest BCUT2D eigenvalue weighted by Crippen LogP contribution is -2.10. The van der Waals surface area contributed by atoms with Crippen molar-refractivity contribution in [1.82, 2.24) is 0 Å². The van der Waals surface area contributed by atoms with Gasteiger partial charge in [0.1, 0.15) is 0 Å². The van der Waals surface area contributed by atoms with Crippen LogP contribution in [0.3, 0.4) is 0 Å². The van der Waals surface area contributed by atoms with Crippen molar-refractivity contribution in [2.75, 3.05) is 0 Å². The van der Waals surface area contributed by atoms with Gasteiger partial charge in [-0.3, -0.25) is 0 Å². The molecule has 2 aromatic carbocycles. The third-order valence-electron chi connectivity index (χ3n) is 2.97. The van der Waals surface area contributed by atoms with Gasteiger partial charge in [-0.15, -0.1) is 0 Å². The number of benzene rings is 2. The lowest BCUT2D eigenvalue weighted by atomic mass is 9.87. The van der Waals surface area contributed by atoms with Crippen molar-refractivity contribution < 1.29 is 20.4 Å². The lowest BCUT2D eigenvalue weighted by molar-refractivity contribution is 0.401. The Morgan fingerprint density at radius 3 is 1.52 bits per heavy atom. The fourth-order valence-corrected chi connectivity index (χ4v) is 1.62. The molecule has 0 unspecified atom stereocenters. The molecule has 114 valence electrons. The summed E-state index contributed by atoms with van der Waals surface area (Å²) in [6.45, 7) is 8.01. The van der Waals surface area contributed by atoms with E-state index in [4.69, 9.17) is 15.3 Å². The summed E-state index contributed by atoms with van der Waals surface area (Å²) < 4.78 is 0. The van der Waals surface area contributed by atoms with Crippen LogP contribution in [0.1, 0.15) is 31.9 Å². The molecule has 0 saturated heterocycles. The molecule has 2 rings (SSSR count). The normalized spacial score (nSPS) is 10.7. The number of phenolic OH excluding ortho intramolecular Hbond substituents is 4. The molecule has 4 N–H and O–H groups in total. The molecule has 0 bridgehead atoms. The molecule has 0 amide bonds. The molecule has 4 heteroatoms. The lowest BCUT2D eigenvalue weighted by Gasteiger charge is -2.19. The van der Waals surface area contributed by atoms with Gasteiger partial charge in [-0.25, -0.2) is 0 Å².